The number of nitrogens with one attached hydrogen (secondary N) is 1. The summed E-state index contributed by atoms with van der Waals surface area (Å²) in [5, 5.41) is 13.9. The number of hydrogen-bond acceptors (Lipinski definition) is 5. The van der Waals surface area contributed by atoms with E-state index in [0.29, 0.717) is 23.1 Å². The van der Waals surface area contributed by atoms with E-state index in [2.05, 4.69) is 26.8 Å². The Labute approximate surface area is 193 Å². The van der Waals surface area contributed by atoms with Crippen LogP contribution >= 0.6 is 11.8 Å². The van der Waals surface area contributed by atoms with Crippen molar-refractivity contribution in [2.75, 3.05) is 11.1 Å². The molecule has 1 N–H and O–H groups in total. The molecule has 4 rings (SSSR count). The number of alkyl halides is 2. The predicted octanol–water partition coefficient (Wildman–Crippen LogP) is 5.62. The Hall–Kier alpha value is -3.72. The molecule has 168 valence electrons. The van der Waals surface area contributed by atoms with Crippen LogP contribution in [0.4, 0.5) is 14.5 Å². The zero-order valence-electron chi connectivity index (χ0n) is 17.4. The summed E-state index contributed by atoms with van der Waals surface area (Å²) in [5.41, 5.74) is 1.43. The highest BCUT2D eigenvalue weighted by molar-refractivity contribution is 7.99. The molecule has 0 spiro atoms. The van der Waals surface area contributed by atoms with Gasteiger partial charge in [0, 0.05) is 23.2 Å². The second-order valence-corrected chi connectivity index (χ2v) is 7.91. The second-order valence-electron chi connectivity index (χ2n) is 6.97. The Kier molecular flexibility index (Phi) is 6.99. The zero-order chi connectivity index (χ0) is 23.2. The molecule has 0 saturated heterocycles. The summed E-state index contributed by atoms with van der Waals surface area (Å²) in [6.45, 7) is 1.31. The first-order valence-corrected chi connectivity index (χ1v) is 11.0. The number of fused-ring (bicyclic) bond motifs is 1. The minimum Gasteiger partial charge on any atom is -0.435 e. The average molecular weight is 467 g/mol. The van der Waals surface area contributed by atoms with Crippen molar-refractivity contribution >= 4 is 34.1 Å². The van der Waals surface area contributed by atoms with Crippen molar-refractivity contribution in [2.24, 2.45) is 0 Å². The third-order valence-electron chi connectivity index (χ3n) is 4.76. The lowest BCUT2D eigenvalue weighted by Crippen LogP contribution is -2.15. The first-order valence-electron chi connectivity index (χ1n) is 10.0. The summed E-state index contributed by atoms with van der Waals surface area (Å²) < 4.78 is 31.0. The van der Waals surface area contributed by atoms with Crippen LogP contribution in [0, 0.1) is 0 Å². The molecule has 0 saturated carbocycles. The Morgan fingerprint density at radius 3 is 2.61 bits per heavy atom. The maximum absolute atomic E-state index is 12.6. The molecule has 4 aromatic rings. The molecule has 0 radical (unpaired) electrons. The number of hydrogen-bond donors (Lipinski definition) is 1. The van der Waals surface area contributed by atoms with Crippen LogP contribution in [0.1, 0.15) is 0 Å². The van der Waals surface area contributed by atoms with E-state index in [1.807, 2.05) is 47.0 Å². The molecule has 33 heavy (non-hydrogen) atoms. The molecule has 0 aliphatic rings. The second kappa shape index (κ2) is 10.3. The fraction of sp³-hybridized carbons (Fsp3) is 0.125. The van der Waals surface area contributed by atoms with Gasteiger partial charge in [0.15, 0.2) is 11.0 Å². The molecule has 0 aliphatic carbocycles. The van der Waals surface area contributed by atoms with Crippen molar-refractivity contribution in [1.29, 1.82) is 0 Å². The van der Waals surface area contributed by atoms with E-state index < -0.39 is 6.61 Å². The van der Waals surface area contributed by atoms with Crippen LogP contribution in [0.15, 0.2) is 84.5 Å². The van der Waals surface area contributed by atoms with Crippen LogP contribution in [0.5, 0.6) is 5.75 Å². The summed E-state index contributed by atoms with van der Waals surface area (Å²) in [6, 6.07) is 19.7. The normalized spacial score (nSPS) is 11.0. The highest BCUT2D eigenvalue weighted by Gasteiger charge is 2.16. The van der Waals surface area contributed by atoms with E-state index in [1.54, 1.807) is 18.2 Å². The zero-order valence-corrected chi connectivity index (χ0v) is 18.3. The van der Waals surface area contributed by atoms with Gasteiger partial charge in [0.25, 0.3) is 0 Å². The van der Waals surface area contributed by atoms with Gasteiger partial charge in [-0.05, 0) is 35.7 Å². The third kappa shape index (κ3) is 5.38. The molecular weight excluding hydrogens is 446 g/mol. The van der Waals surface area contributed by atoms with Gasteiger partial charge in [0.2, 0.25) is 5.91 Å². The van der Waals surface area contributed by atoms with Gasteiger partial charge in [-0.3, -0.25) is 9.36 Å². The number of benzene rings is 3. The van der Waals surface area contributed by atoms with Crippen molar-refractivity contribution in [3.8, 4) is 17.1 Å². The number of amides is 1. The minimum atomic E-state index is -2.89. The van der Waals surface area contributed by atoms with Gasteiger partial charge >= 0.3 is 6.61 Å². The molecule has 0 unspecified atom stereocenters. The van der Waals surface area contributed by atoms with Gasteiger partial charge in [-0.1, -0.05) is 54.2 Å². The largest absolute Gasteiger partial charge is 0.435 e. The lowest BCUT2D eigenvalue weighted by molar-refractivity contribution is -0.113. The van der Waals surface area contributed by atoms with Crippen molar-refractivity contribution in [3.05, 3.63) is 79.4 Å². The smallest absolute Gasteiger partial charge is 0.387 e. The van der Waals surface area contributed by atoms with Gasteiger partial charge in [0.05, 0.1) is 5.75 Å². The molecular formula is C24H20F2N4O2S. The number of nitrogens with zero attached hydrogens (tertiary/aromatic N) is 3. The Morgan fingerprint density at radius 2 is 1.85 bits per heavy atom. The number of aromatic nitrogens is 3. The number of rotatable bonds is 9. The van der Waals surface area contributed by atoms with Gasteiger partial charge in [-0.15, -0.1) is 16.8 Å². The number of carbonyl (C=O) groups is 1. The molecule has 0 aliphatic heterocycles. The van der Waals surface area contributed by atoms with Crippen LogP contribution in [-0.2, 0) is 11.3 Å². The summed E-state index contributed by atoms with van der Waals surface area (Å²) >= 11 is 1.25. The van der Waals surface area contributed by atoms with Crippen molar-refractivity contribution in [2.45, 2.75) is 18.3 Å². The lowest BCUT2D eigenvalue weighted by Gasteiger charge is -2.10. The van der Waals surface area contributed by atoms with E-state index in [1.165, 1.54) is 23.9 Å². The van der Waals surface area contributed by atoms with Crippen molar-refractivity contribution in [1.82, 2.24) is 14.8 Å². The summed E-state index contributed by atoms with van der Waals surface area (Å²) in [5.74, 6) is 0.567. The first-order chi connectivity index (χ1) is 16.0. The quantitative estimate of drug-likeness (QED) is 0.256. The van der Waals surface area contributed by atoms with Crippen molar-refractivity contribution in [3.63, 3.8) is 0 Å². The number of carbonyl (C=O) groups excluding carboxylic acids is 1. The van der Waals surface area contributed by atoms with Crippen LogP contribution in [-0.4, -0.2) is 33.0 Å². The molecule has 1 aromatic heterocycles. The Balaban J connectivity index is 1.47. The van der Waals surface area contributed by atoms with Gasteiger partial charge < -0.3 is 10.1 Å². The molecule has 3 aromatic carbocycles. The van der Waals surface area contributed by atoms with E-state index in [9.17, 15) is 13.6 Å². The molecule has 1 heterocycles. The molecule has 0 fully saturated rings. The van der Waals surface area contributed by atoms with Gasteiger partial charge in [-0.2, -0.15) is 8.78 Å². The Bertz CT molecular complexity index is 1270. The van der Waals surface area contributed by atoms with E-state index in [4.69, 9.17) is 0 Å². The minimum absolute atomic E-state index is 0.0586. The SMILES string of the molecule is C=CCn1c(SCC(=O)Nc2cccc3ccccc23)nnc1-c1ccc(OC(F)F)cc1. The Morgan fingerprint density at radius 1 is 1.09 bits per heavy atom. The van der Waals surface area contributed by atoms with Crippen LogP contribution < -0.4 is 10.1 Å². The average Bonchev–Trinajstić information content (AvgIpc) is 3.21. The molecule has 6 nitrogen and oxygen atoms in total. The molecule has 9 heteroatoms. The molecule has 0 atom stereocenters. The fourth-order valence-electron chi connectivity index (χ4n) is 3.34. The van der Waals surface area contributed by atoms with Crippen LogP contribution in [0.2, 0.25) is 0 Å². The van der Waals surface area contributed by atoms with E-state index >= 15 is 0 Å². The van der Waals surface area contributed by atoms with Gasteiger partial charge in [0.1, 0.15) is 5.75 Å². The standard InChI is InChI=1S/C24H20F2N4O2S/c1-2-14-30-22(17-10-12-18(13-11-17)32-23(25)26)28-29-24(30)33-15-21(31)27-20-9-5-7-16-6-3-4-8-19(16)20/h2-13,23H,1,14-15H2,(H,27,31). The number of halogens is 2. The van der Waals surface area contributed by atoms with Crippen molar-refractivity contribution < 1.29 is 18.3 Å². The predicted molar refractivity (Wildman–Crippen MR) is 126 cm³/mol. The molecule has 1 amide bonds. The van der Waals surface area contributed by atoms with E-state index in [0.717, 1.165) is 16.5 Å². The number of anilines is 1. The summed E-state index contributed by atoms with van der Waals surface area (Å²) in [7, 11) is 0. The monoisotopic (exact) mass is 466 g/mol. The summed E-state index contributed by atoms with van der Waals surface area (Å²) in [4.78, 5) is 12.6. The summed E-state index contributed by atoms with van der Waals surface area (Å²) in [6.07, 6.45) is 1.70. The first kappa shape index (κ1) is 22.5. The molecule has 0 bridgehead atoms. The number of ether oxygens (including phenoxy) is 1. The highest BCUT2D eigenvalue weighted by atomic mass is 32.2. The maximum Gasteiger partial charge on any atom is 0.387 e. The van der Waals surface area contributed by atoms with Gasteiger partial charge in [-0.25, -0.2) is 0 Å². The van der Waals surface area contributed by atoms with Crippen LogP contribution in [0.3, 0.4) is 0 Å². The number of thioether (sulfide) groups is 1. The van der Waals surface area contributed by atoms with E-state index in [-0.39, 0.29) is 17.4 Å². The maximum atomic E-state index is 12.6. The number of allylic oxidation sites excluding steroid dienone is 1. The highest BCUT2D eigenvalue weighted by Crippen LogP contribution is 2.27. The fourth-order valence-corrected chi connectivity index (χ4v) is 4.09. The van der Waals surface area contributed by atoms with Crippen LogP contribution in [0.25, 0.3) is 22.2 Å². The topological polar surface area (TPSA) is 69.0 Å². The third-order valence-corrected chi connectivity index (χ3v) is 5.73. The lowest BCUT2D eigenvalue weighted by atomic mass is 10.1.